The Hall–Kier alpha value is -3.81. The molecule has 0 saturated carbocycles. The van der Waals surface area contributed by atoms with E-state index in [1.807, 2.05) is 19.9 Å². The van der Waals surface area contributed by atoms with Crippen molar-refractivity contribution in [2.24, 2.45) is 0 Å². The lowest BCUT2D eigenvalue weighted by atomic mass is 9.94. The van der Waals surface area contributed by atoms with Gasteiger partial charge in [-0.3, -0.25) is 19.3 Å². The zero-order valence-electron chi connectivity index (χ0n) is 20.5. The number of halogens is 2. The van der Waals surface area contributed by atoms with Crippen molar-refractivity contribution in [1.82, 2.24) is 0 Å². The second-order valence-corrected chi connectivity index (χ2v) is 9.47. The zero-order valence-corrected chi connectivity index (χ0v) is 22.0. The third-order valence-electron chi connectivity index (χ3n) is 5.84. The molecule has 1 atom stereocenters. The third kappa shape index (κ3) is 5.05. The first kappa shape index (κ1) is 26.3. The van der Waals surface area contributed by atoms with E-state index in [0.29, 0.717) is 11.3 Å². The number of esters is 1. The topological polar surface area (TPSA) is 93.1 Å². The molecule has 1 aliphatic heterocycles. The molecule has 1 aliphatic rings. The Bertz CT molecular complexity index is 1440. The van der Waals surface area contributed by atoms with Gasteiger partial charge in [0.1, 0.15) is 11.5 Å². The average molecular weight is 540 g/mol. The van der Waals surface area contributed by atoms with Gasteiger partial charge in [-0.25, -0.2) is 0 Å². The molecule has 37 heavy (non-hydrogen) atoms. The van der Waals surface area contributed by atoms with E-state index >= 15 is 0 Å². The van der Waals surface area contributed by atoms with Crippen molar-refractivity contribution < 1.29 is 29.0 Å². The summed E-state index contributed by atoms with van der Waals surface area (Å²) in [6, 6.07) is 13.7. The molecule has 3 aromatic rings. The van der Waals surface area contributed by atoms with E-state index < -0.39 is 29.5 Å². The molecule has 0 aromatic heterocycles. The number of rotatable bonds is 5. The summed E-state index contributed by atoms with van der Waals surface area (Å²) in [5, 5.41) is 11.6. The van der Waals surface area contributed by atoms with Gasteiger partial charge in [0.05, 0.1) is 28.8 Å². The molecule has 0 bridgehead atoms. The first-order chi connectivity index (χ1) is 17.5. The monoisotopic (exact) mass is 539 g/mol. The lowest BCUT2D eigenvalue weighted by molar-refractivity contribution is -0.132. The van der Waals surface area contributed by atoms with Gasteiger partial charge in [0.15, 0.2) is 5.75 Å². The number of aryl methyl sites for hydroxylation is 2. The van der Waals surface area contributed by atoms with Gasteiger partial charge < -0.3 is 14.6 Å². The van der Waals surface area contributed by atoms with Gasteiger partial charge in [-0.1, -0.05) is 41.4 Å². The number of carbonyl (C=O) groups excluding carboxylic acids is 3. The molecule has 0 spiro atoms. The SMILES string of the molecule is COc1c(Cl)cc(/C(O)=C2\C(=O)C(=O)N(c3cc(C)cc(C)c3)C2c2cccc(OC(C)=O)c2)cc1Cl. The number of Topliss-reactive ketones (excluding diaryl/α,β-unsaturated/α-hetero) is 1. The molecular formula is C28H23Cl2NO6. The number of nitrogens with zero attached hydrogens (tertiary/aromatic N) is 1. The van der Waals surface area contributed by atoms with Crippen molar-refractivity contribution in [1.29, 1.82) is 0 Å². The summed E-state index contributed by atoms with van der Waals surface area (Å²) >= 11 is 12.6. The molecule has 7 nitrogen and oxygen atoms in total. The van der Waals surface area contributed by atoms with Crippen LogP contribution in [0, 0.1) is 13.8 Å². The Morgan fingerprint density at radius 2 is 1.59 bits per heavy atom. The van der Waals surface area contributed by atoms with Crippen LogP contribution in [0.15, 0.2) is 60.2 Å². The maximum Gasteiger partial charge on any atom is 0.308 e. The maximum absolute atomic E-state index is 13.4. The summed E-state index contributed by atoms with van der Waals surface area (Å²) in [7, 11) is 1.40. The summed E-state index contributed by atoms with van der Waals surface area (Å²) in [6.45, 7) is 5.03. The van der Waals surface area contributed by atoms with Crippen LogP contribution in [0.2, 0.25) is 10.0 Å². The normalized spacial score (nSPS) is 16.7. The summed E-state index contributed by atoms with van der Waals surface area (Å²) in [5.74, 6) is -2.25. The Labute approximate surface area is 223 Å². The number of ketones is 1. The van der Waals surface area contributed by atoms with Crippen LogP contribution in [0.3, 0.4) is 0 Å². The van der Waals surface area contributed by atoms with Gasteiger partial charge in [-0.2, -0.15) is 0 Å². The summed E-state index contributed by atoms with van der Waals surface area (Å²) in [4.78, 5) is 39.7. The predicted molar refractivity (Wildman–Crippen MR) is 141 cm³/mol. The van der Waals surface area contributed by atoms with Crippen LogP contribution in [0.5, 0.6) is 11.5 Å². The maximum atomic E-state index is 13.4. The predicted octanol–water partition coefficient (Wildman–Crippen LogP) is 6.17. The number of anilines is 1. The quantitative estimate of drug-likeness (QED) is 0.137. The fourth-order valence-electron chi connectivity index (χ4n) is 4.47. The van der Waals surface area contributed by atoms with E-state index in [9.17, 15) is 19.5 Å². The Balaban J connectivity index is 1.99. The number of aliphatic hydroxyl groups excluding tert-OH is 1. The van der Waals surface area contributed by atoms with Crippen LogP contribution in [0.4, 0.5) is 5.69 Å². The molecule has 190 valence electrons. The number of carbonyl (C=O) groups is 3. The Kier molecular flexibility index (Phi) is 7.30. The van der Waals surface area contributed by atoms with Crippen molar-refractivity contribution in [3.8, 4) is 11.5 Å². The van der Waals surface area contributed by atoms with Gasteiger partial charge in [0.2, 0.25) is 0 Å². The minimum atomic E-state index is -1.03. The summed E-state index contributed by atoms with van der Waals surface area (Å²) in [6.07, 6.45) is 0. The standard InChI is InChI=1S/C28H23Cl2NO6/c1-14-8-15(2)10-19(9-14)31-24(17-6-5-7-20(11-17)37-16(3)32)23(26(34)28(31)35)25(33)18-12-21(29)27(36-4)22(30)13-18/h5-13,24,33H,1-4H3/b25-23+. The van der Waals surface area contributed by atoms with Crippen LogP contribution in [-0.4, -0.2) is 29.9 Å². The van der Waals surface area contributed by atoms with Gasteiger partial charge >= 0.3 is 5.97 Å². The van der Waals surface area contributed by atoms with Crippen LogP contribution >= 0.6 is 23.2 Å². The first-order valence-corrected chi connectivity index (χ1v) is 12.0. The van der Waals surface area contributed by atoms with Crippen molar-refractivity contribution in [2.45, 2.75) is 26.8 Å². The number of hydrogen-bond acceptors (Lipinski definition) is 6. The largest absolute Gasteiger partial charge is 0.507 e. The van der Waals surface area contributed by atoms with Gasteiger partial charge in [0, 0.05) is 18.2 Å². The van der Waals surface area contributed by atoms with Crippen molar-refractivity contribution in [2.75, 3.05) is 12.0 Å². The lowest BCUT2D eigenvalue weighted by Gasteiger charge is -2.26. The number of methoxy groups -OCH3 is 1. The highest BCUT2D eigenvalue weighted by atomic mass is 35.5. The minimum Gasteiger partial charge on any atom is -0.507 e. The molecule has 1 fully saturated rings. The second kappa shape index (κ2) is 10.3. The highest BCUT2D eigenvalue weighted by molar-refractivity contribution is 6.51. The van der Waals surface area contributed by atoms with E-state index in [1.165, 1.54) is 31.1 Å². The van der Waals surface area contributed by atoms with Crippen LogP contribution in [0.25, 0.3) is 5.76 Å². The van der Waals surface area contributed by atoms with Crippen molar-refractivity contribution in [3.05, 3.63) is 92.5 Å². The van der Waals surface area contributed by atoms with Crippen molar-refractivity contribution >= 4 is 52.3 Å². The number of aliphatic hydroxyl groups is 1. The van der Waals surface area contributed by atoms with Gasteiger partial charge in [-0.05, 0) is 66.9 Å². The fraction of sp³-hybridized carbons (Fsp3) is 0.179. The van der Waals surface area contributed by atoms with Crippen LogP contribution in [-0.2, 0) is 14.4 Å². The van der Waals surface area contributed by atoms with E-state index in [2.05, 4.69) is 0 Å². The van der Waals surface area contributed by atoms with Gasteiger partial charge in [-0.15, -0.1) is 0 Å². The molecule has 1 heterocycles. The molecule has 1 unspecified atom stereocenters. The van der Waals surface area contributed by atoms with E-state index in [1.54, 1.807) is 36.4 Å². The van der Waals surface area contributed by atoms with E-state index in [0.717, 1.165) is 11.1 Å². The molecule has 0 aliphatic carbocycles. The van der Waals surface area contributed by atoms with E-state index in [4.69, 9.17) is 32.7 Å². The first-order valence-electron chi connectivity index (χ1n) is 11.2. The molecule has 1 amide bonds. The highest BCUT2D eigenvalue weighted by Gasteiger charge is 2.47. The van der Waals surface area contributed by atoms with Gasteiger partial charge in [0.25, 0.3) is 11.7 Å². The molecule has 4 rings (SSSR count). The molecule has 9 heteroatoms. The van der Waals surface area contributed by atoms with E-state index in [-0.39, 0.29) is 32.7 Å². The number of hydrogen-bond donors (Lipinski definition) is 1. The Morgan fingerprint density at radius 3 is 2.16 bits per heavy atom. The summed E-state index contributed by atoms with van der Waals surface area (Å²) < 4.78 is 10.4. The Morgan fingerprint density at radius 1 is 0.973 bits per heavy atom. The number of amides is 1. The zero-order chi connectivity index (χ0) is 27.0. The fourth-order valence-corrected chi connectivity index (χ4v) is 5.11. The van der Waals surface area contributed by atoms with Crippen LogP contribution < -0.4 is 14.4 Å². The average Bonchev–Trinajstić information content (AvgIpc) is 3.08. The smallest absolute Gasteiger partial charge is 0.308 e. The second-order valence-electron chi connectivity index (χ2n) is 8.65. The molecular weight excluding hydrogens is 517 g/mol. The minimum absolute atomic E-state index is 0.119. The molecule has 1 N–H and O–H groups in total. The molecule has 0 radical (unpaired) electrons. The number of ether oxygens (including phenoxy) is 2. The van der Waals surface area contributed by atoms with Crippen LogP contribution in [0.1, 0.15) is 35.2 Å². The highest BCUT2D eigenvalue weighted by Crippen LogP contribution is 2.44. The third-order valence-corrected chi connectivity index (χ3v) is 6.40. The van der Waals surface area contributed by atoms with Crippen molar-refractivity contribution in [3.63, 3.8) is 0 Å². The number of benzene rings is 3. The molecule has 1 saturated heterocycles. The molecule has 3 aromatic carbocycles. The summed E-state index contributed by atoms with van der Waals surface area (Å²) in [5.41, 5.74) is 2.67. The lowest BCUT2D eigenvalue weighted by Crippen LogP contribution is -2.29.